The van der Waals surface area contributed by atoms with Gasteiger partial charge in [-0.15, -0.1) is 0 Å². The molecule has 0 unspecified atom stereocenters. The third kappa shape index (κ3) is 2.05. The number of hydrogen-bond donors (Lipinski definition) is 0. The zero-order chi connectivity index (χ0) is 12.3. The molecule has 4 aliphatic heterocycles. The van der Waals surface area contributed by atoms with E-state index >= 15 is 0 Å². The number of carbonyl (C=O) groups is 2. The molecule has 0 saturated carbocycles. The number of hydrogen-bond acceptors (Lipinski definition) is 2. The van der Waals surface area contributed by atoms with Gasteiger partial charge in [0.15, 0.2) is 0 Å². The van der Waals surface area contributed by atoms with Gasteiger partial charge in [-0.1, -0.05) is 12.2 Å². The second kappa shape index (κ2) is 5.95. The molecule has 0 bridgehead atoms. The summed E-state index contributed by atoms with van der Waals surface area (Å²) in [6.07, 6.45) is 14.2. The van der Waals surface area contributed by atoms with E-state index in [1.807, 2.05) is 12.2 Å². The normalized spacial score (nSPS) is 21.0. The minimum Gasteiger partial charge on any atom is -0.283 e. The van der Waals surface area contributed by atoms with E-state index in [2.05, 4.69) is 0 Å². The van der Waals surface area contributed by atoms with Crippen molar-refractivity contribution in [2.24, 2.45) is 0 Å². The molecule has 0 atom stereocenters. The largest absolute Gasteiger partial charge is 0.283 e. The number of amides is 2. The number of allylic oxidation sites excluding steroid dienone is 6. The van der Waals surface area contributed by atoms with E-state index in [-0.39, 0.29) is 87.3 Å². The standard InChI is InChI=1S/C14H8N2O2.2Ar/c17-13-11-9-5-1-3-7-15(9)14(18)12(11)10-6-2-4-8-16(10)13;;/h1-8H;;. The summed E-state index contributed by atoms with van der Waals surface area (Å²) in [5, 5.41) is 0. The van der Waals surface area contributed by atoms with Gasteiger partial charge in [-0.05, 0) is 24.3 Å². The molecule has 0 aromatic rings. The summed E-state index contributed by atoms with van der Waals surface area (Å²) in [6, 6.07) is 0. The minimum atomic E-state index is -0.133. The predicted octanol–water partition coefficient (Wildman–Crippen LogP) is 1.35. The minimum absolute atomic E-state index is 0. The first kappa shape index (κ1) is 16.3. The van der Waals surface area contributed by atoms with Gasteiger partial charge in [0.2, 0.25) is 0 Å². The van der Waals surface area contributed by atoms with Crippen LogP contribution in [0.2, 0.25) is 0 Å². The van der Waals surface area contributed by atoms with Gasteiger partial charge in [0.25, 0.3) is 11.8 Å². The molecule has 0 aliphatic carbocycles. The van der Waals surface area contributed by atoms with Gasteiger partial charge in [-0.25, -0.2) is 0 Å². The third-order valence-electron chi connectivity index (χ3n) is 3.35. The molecule has 4 heterocycles. The van der Waals surface area contributed by atoms with E-state index in [1.165, 1.54) is 9.80 Å². The van der Waals surface area contributed by atoms with Crippen LogP contribution in [0.5, 0.6) is 0 Å². The van der Waals surface area contributed by atoms with Crippen molar-refractivity contribution in [1.82, 2.24) is 9.80 Å². The van der Waals surface area contributed by atoms with E-state index in [9.17, 15) is 9.59 Å². The summed E-state index contributed by atoms with van der Waals surface area (Å²) in [5.74, 6) is -0.266. The molecule has 0 saturated heterocycles. The first-order valence-corrected chi connectivity index (χ1v) is 5.65. The second-order valence-electron chi connectivity index (χ2n) is 4.27. The van der Waals surface area contributed by atoms with Crippen LogP contribution in [0, 0.1) is 75.5 Å². The quantitative estimate of drug-likeness (QED) is 0.677. The molecular formula is C14H8Ar2N2O2. The van der Waals surface area contributed by atoms with E-state index in [0.29, 0.717) is 22.5 Å². The summed E-state index contributed by atoms with van der Waals surface area (Å²) < 4.78 is 0. The maximum Gasteiger partial charge on any atom is 0.265 e. The average molecular weight is 316 g/mol. The van der Waals surface area contributed by atoms with Gasteiger partial charge in [-0.2, -0.15) is 0 Å². The maximum absolute atomic E-state index is 12.3. The number of fused-ring (bicyclic) bond motifs is 3. The van der Waals surface area contributed by atoms with E-state index in [4.69, 9.17) is 0 Å². The fourth-order valence-electron chi connectivity index (χ4n) is 2.58. The molecular weight excluding hydrogens is 308 g/mol. The molecule has 4 aliphatic rings. The van der Waals surface area contributed by atoms with Crippen molar-refractivity contribution in [2.75, 3.05) is 0 Å². The van der Waals surface area contributed by atoms with Crippen LogP contribution in [0.25, 0.3) is 0 Å². The summed E-state index contributed by atoms with van der Waals surface area (Å²) in [4.78, 5) is 27.7. The Morgan fingerprint density at radius 3 is 1.45 bits per heavy atom. The Balaban J connectivity index is 0.000000735. The summed E-state index contributed by atoms with van der Waals surface area (Å²) in [6.45, 7) is 0. The zero-order valence-corrected chi connectivity index (χ0v) is 11.5. The van der Waals surface area contributed by atoms with Crippen LogP contribution in [-0.2, 0) is 9.59 Å². The molecule has 2 amide bonds. The van der Waals surface area contributed by atoms with Crippen LogP contribution >= 0.6 is 0 Å². The number of nitrogens with zero attached hydrogens (tertiary/aromatic N) is 2. The number of rotatable bonds is 0. The molecule has 102 valence electrons. The van der Waals surface area contributed by atoms with E-state index < -0.39 is 0 Å². The third-order valence-corrected chi connectivity index (χ3v) is 3.35. The Labute approximate surface area is 175 Å². The van der Waals surface area contributed by atoms with Crippen molar-refractivity contribution >= 4 is 11.8 Å². The van der Waals surface area contributed by atoms with Crippen LogP contribution in [0.4, 0.5) is 0 Å². The van der Waals surface area contributed by atoms with Crippen molar-refractivity contribution in [3.8, 4) is 0 Å². The molecule has 0 spiro atoms. The van der Waals surface area contributed by atoms with Gasteiger partial charge >= 0.3 is 0 Å². The molecule has 0 N–H and O–H groups in total. The summed E-state index contributed by atoms with van der Waals surface area (Å²) in [7, 11) is 0. The van der Waals surface area contributed by atoms with Gasteiger partial charge in [0.05, 0.1) is 22.5 Å². The van der Waals surface area contributed by atoms with Crippen LogP contribution in [0.15, 0.2) is 71.4 Å². The second-order valence-corrected chi connectivity index (χ2v) is 4.27. The van der Waals surface area contributed by atoms with Crippen molar-refractivity contribution in [2.45, 2.75) is 0 Å². The topological polar surface area (TPSA) is 40.6 Å². The van der Waals surface area contributed by atoms with Gasteiger partial charge < -0.3 is 0 Å². The van der Waals surface area contributed by atoms with Crippen molar-refractivity contribution < 1.29 is 85.1 Å². The fraction of sp³-hybridized carbons (Fsp3) is 0. The first-order chi connectivity index (χ1) is 8.79. The van der Waals surface area contributed by atoms with Crippen LogP contribution in [-0.4, -0.2) is 21.6 Å². The summed E-state index contributed by atoms with van der Waals surface area (Å²) >= 11 is 0. The van der Waals surface area contributed by atoms with Crippen LogP contribution in [0.1, 0.15) is 0 Å². The van der Waals surface area contributed by atoms with Crippen molar-refractivity contribution in [3.05, 3.63) is 71.4 Å². The SMILES string of the molecule is O=C1C2=C3C=CC=CN3C(=O)C2=C2C=CC=CN12.[Ar].[Ar]. The van der Waals surface area contributed by atoms with Crippen molar-refractivity contribution in [3.63, 3.8) is 0 Å². The molecule has 0 aromatic carbocycles. The Morgan fingerprint density at radius 2 is 1.05 bits per heavy atom. The Kier molecular flexibility index (Phi) is 4.84. The number of carbonyl (C=O) groups excluding carboxylic acids is 2. The van der Waals surface area contributed by atoms with Crippen LogP contribution < -0.4 is 0 Å². The van der Waals surface area contributed by atoms with Gasteiger partial charge in [0, 0.05) is 87.9 Å². The monoisotopic (exact) mass is 316 g/mol. The molecule has 0 aromatic heterocycles. The molecule has 0 radical (unpaired) electrons. The smallest absolute Gasteiger partial charge is 0.265 e. The molecule has 6 heteroatoms. The van der Waals surface area contributed by atoms with Gasteiger partial charge in [0.1, 0.15) is 0 Å². The maximum atomic E-state index is 12.3. The fourth-order valence-corrected chi connectivity index (χ4v) is 2.58. The molecule has 20 heavy (non-hydrogen) atoms. The Morgan fingerprint density at radius 1 is 0.650 bits per heavy atom. The zero-order valence-electron chi connectivity index (χ0n) is 10.0. The van der Waals surface area contributed by atoms with E-state index in [0.717, 1.165) is 0 Å². The average Bonchev–Trinajstić information content (AvgIpc) is 2.87. The predicted molar refractivity (Wildman–Crippen MR) is 64.3 cm³/mol. The molecule has 0 fully saturated rings. The first-order valence-electron chi connectivity index (χ1n) is 5.65. The van der Waals surface area contributed by atoms with Gasteiger partial charge in [-0.3, -0.25) is 19.4 Å². The van der Waals surface area contributed by atoms with Crippen molar-refractivity contribution in [1.29, 1.82) is 0 Å². The van der Waals surface area contributed by atoms with E-state index in [1.54, 1.807) is 36.7 Å². The molecule has 4 rings (SSSR count). The van der Waals surface area contributed by atoms with Crippen LogP contribution in [0.3, 0.4) is 0 Å². The Bertz CT molecular complexity index is 636. The summed E-state index contributed by atoms with van der Waals surface area (Å²) in [5.41, 5.74) is 2.36. The Hall–Kier alpha value is -0.101. The molecule has 4 nitrogen and oxygen atoms in total.